The van der Waals surface area contributed by atoms with Crippen molar-refractivity contribution in [3.63, 3.8) is 0 Å². The van der Waals surface area contributed by atoms with Gasteiger partial charge in [-0.2, -0.15) is 0 Å². The molecule has 0 bridgehead atoms. The molecule has 1 heterocycles. The molecule has 3 aromatic rings. The third-order valence-corrected chi connectivity index (χ3v) is 6.53. The first-order valence-electron chi connectivity index (χ1n) is 10.3. The van der Waals surface area contributed by atoms with Gasteiger partial charge in [0.25, 0.3) is 5.91 Å². The van der Waals surface area contributed by atoms with E-state index in [2.05, 4.69) is 0 Å². The maximum atomic E-state index is 13.5. The van der Waals surface area contributed by atoms with Gasteiger partial charge in [0.05, 0.1) is 21.3 Å². The van der Waals surface area contributed by atoms with Gasteiger partial charge in [-0.15, -0.1) is 11.8 Å². The zero-order valence-electron chi connectivity index (χ0n) is 18.5. The van der Waals surface area contributed by atoms with Gasteiger partial charge < -0.3 is 23.8 Å². The summed E-state index contributed by atoms with van der Waals surface area (Å²) >= 11 is 1.66. The Bertz CT molecular complexity index is 1140. The Hall–Kier alpha value is -3.39. The fraction of sp³-hybridized carbons (Fsp3) is 0.240. The highest BCUT2D eigenvalue weighted by Gasteiger charge is 2.34. The molecule has 1 fully saturated rings. The maximum Gasteiger partial charge on any atom is 0.255 e. The molecule has 1 amide bonds. The number of thioether (sulfide) groups is 1. The lowest BCUT2D eigenvalue weighted by Crippen LogP contribution is -2.30. The van der Waals surface area contributed by atoms with Gasteiger partial charge in [-0.05, 0) is 48.5 Å². The average Bonchev–Trinajstić information content (AvgIpc) is 3.34. The summed E-state index contributed by atoms with van der Waals surface area (Å²) in [5, 5.41) is -0.242. The molecule has 8 heteroatoms. The first-order valence-corrected chi connectivity index (χ1v) is 11.3. The van der Waals surface area contributed by atoms with E-state index in [1.807, 2.05) is 11.0 Å². The molecule has 0 spiro atoms. The van der Waals surface area contributed by atoms with Crippen molar-refractivity contribution in [2.24, 2.45) is 0 Å². The van der Waals surface area contributed by atoms with Gasteiger partial charge in [0.2, 0.25) is 0 Å². The molecule has 33 heavy (non-hydrogen) atoms. The smallest absolute Gasteiger partial charge is 0.255 e. The van der Waals surface area contributed by atoms with Crippen molar-refractivity contribution in [2.45, 2.75) is 5.37 Å². The molecule has 0 aliphatic carbocycles. The number of halogens is 1. The Labute approximate surface area is 196 Å². The number of hydrogen-bond donors (Lipinski definition) is 0. The number of nitrogens with zero attached hydrogens (tertiary/aromatic N) is 1. The van der Waals surface area contributed by atoms with Crippen molar-refractivity contribution in [3.8, 4) is 28.7 Å². The van der Waals surface area contributed by atoms with Crippen LogP contribution in [-0.4, -0.2) is 44.4 Å². The Morgan fingerprint density at radius 2 is 1.61 bits per heavy atom. The van der Waals surface area contributed by atoms with Gasteiger partial charge in [0.15, 0.2) is 11.5 Å². The second-order valence-electron chi connectivity index (χ2n) is 7.25. The number of benzene rings is 3. The minimum absolute atomic E-state index is 0.119. The van der Waals surface area contributed by atoms with Crippen LogP contribution in [0, 0.1) is 5.82 Å². The summed E-state index contributed by atoms with van der Waals surface area (Å²) in [7, 11) is 4.73. The maximum absolute atomic E-state index is 13.5. The zero-order chi connectivity index (χ0) is 23.4. The summed E-state index contributed by atoms with van der Waals surface area (Å²) in [5.74, 6) is 3.08. The van der Waals surface area contributed by atoms with Gasteiger partial charge in [0, 0.05) is 29.5 Å². The lowest BCUT2D eigenvalue weighted by molar-refractivity contribution is 0.0759. The van der Waals surface area contributed by atoms with Crippen molar-refractivity contribution < 1.29 is 28.1 Å². The Morgan fingerprint density at radius 1 is 0.909 bits per heavy atom. The first kappa shape index (κ1) is 22.8. The standard InChI is InChI=1S/C25H24FNO5S/c1-29-21-15-23(31-3)22(30-2)14-20(21)25-27(11-12-33-25)24(28)16-5-4-6-19(13-16)32-18-9-7-17(26)8-10-18/h4-10,13-15,25H,11-12H2,1-3H3. The molecular formula is C25H24FNO5S. The van der Waals surface area contributed by atoms with Crippen LogP contribution in [0.5, 0.6) is 28.7 Å². The highest BCUT2D eigenvalue weighted by Crippen LogP contribution is 2.46. The predicted molar refractivity (Wildman–Crippen MR) is 125 cm³/mol. The second-order valence-corrected chi connectivity index (χ2v) is 8.44. The molecule has 0 aromatic heterocycles. The van der Waals surface area contributed by atoms with E-state index < -0.39 is 0 Å². The van der Waals surface area contributed by atoms with E-state index in [0.717, 1.165) is 11.3 Å². The molecule has 1 aliphatic heterocycles. The average molecular weight is 470 g/mol. The molecule has 1 aliphatic rings. The predicted octanol–water partition coefficient (Wildman–Crippen LogP) is 5.53. The molecule has 0 radical (unpaired) electrons. The quantitative estimate of drug-likeness (QED) is 0.453. The fourth-order valence-electron chi connectivity index (χ4n) is 3.68. The summed E-state index contributed by atoms with van der Waals surface area (Å²) in [4.78, 5) is 15.3. The van der Waals surface area contributed by atoms with Crippen molar-refractivity contribution in [1.29, 1.82) is 0 Å². The molecule has 4 rings (SSSR count). The third kappa shape index (κ3) is 4.85. The van der Waals surface area contributed by atoms with Crippen molar-refractivity contribution in [1.82, 2.24) is 4.90 Å². The number of hydrogen-bond acceptors (Lipinski definition) is 6. The van der Waals surface area contributed by atoms with Gasteiger partial charge in [-0.25, -0.2) is 4.39 Å². The monoisotopic (exact) mass is 469 g/mol. The third-order valence-electron chi connectivity index (χ3n) is 5.28. The Balaban J connectivity index is 1.60. The largest absolute Gasteiger partial charge is 0.496 e. The van der Waals surface area contributed by atoms with Crippen LogP contribution in [0.2, 0.25) is 0 Å². The summed E-state index contributed by atoms with van der Waals surface area (Å²) < 4.78 is 35.4. The van der Waals surface area contributed by atoms with E-state index in [-0.39, 0.29) is 17.1 Å². The van der Waals surface area contributed by atoms with Gasteiger partial charge in [-0.1, -0.05) is 6.07 Å². The van der Waals surface area contributed by atoms with E-state index in [9.17, 15) is 9.18 Å². The number of carbonyl (C=O) groups excluding carboxylic acids is 1. The van der Waals surface area contributed by atoms with Crippen LogP contribution in [-0.2, 0) is 0 Å². The van der Waals surface area contributed by atoms with Crippen LogP contribution >= 0.6 is 11.8 Å². The minimum atomic E-state index is -0.338. The number of carbonyl (C=O) groups is 1. The van der Waals surface area contributed by atoms with Crippen LogP contribution in [0.25, 0.3) is 0 Å². The minimum Gasteiger partial charge on any atom is -0.496 e. The highest BCUT2D eigenvalue weighted by molar-refractivity contribution is 7.99. The van der Waals surface area contributed by atoms with Crippen molar-refractivity contribution in [3.05, 3.63) is 77.6 Å². The first-order chi connectivity index (χ1) is 16.0. The van der Waals surface area contributed by atoms with Crippen LogP contribution in [0.3, 0.4) is 0 Å². The molecule has 1 atom stereocenters. The van der Waals surface area contributed by atoms with E-state index in [0.29, 0.717) is 40.9 Å². The molecule has 3 aromatic carbocycles. The summed E-state index contributed by atoms with van der Waals surface area (Å²) in [6.45, 7) is 0.592. The summed E-state index contributed by atoms with van der Waals surface area (Å²) in [6.07, 6.45) is 0. The molecule has 1 unspecified atom stereocenters. The van der Waals surface area contributed by atoms with Crippen LogP contribution in [0.4, 0.5) is 4.39 Å². The van der Waals surface area contributed by atoms with E-state index in [1.165, 1.54) is 12.1 Å². The van der Waals surface area contributed by atoms with E-state index >= 15 is 0 Å². The zero-order valence-corrected chi connectivity index (χ0v) is 19.4. The lowest BCUT2D eigenvalue weighted by Gasteiger charge is -2.26. The van der Waals surface area contributed by atoms with Crippen LogP contribution in [0.15, 0.2) is 60.7 Å². The highest BCUT2D eigenvalue weighted by atomic mass is 32.2. The SMILES string of the molecule is COc1cc(OC)c(C2SCCN2C(=O)c2cccc(Oc3ccc(F)cc3)c2)cc1OC. The fourth-order valence-corrected chi connectivity index (χ4v) is 4.95. The molecular weight excluding hydrogens is 445 g/mol. The molecule has 0 N–H and O–H groups in total. The molecule has 172 valence electrons. The summed E-state index contributed by atoms with van der Waals surface area (Å²) in [5.41, 5.74) is 1.34. The Morgan fingerprint density at radius 3 is 2.30 bits per heavy atom. The molecule has 1 saturated heterocycles. The Kier molecular flexibility index (Phi) is 6.93. The van der Waals surface area contributed by atoms with Crippen molar-refractivity contribution >= 4 is 17.7 Å². The second kappa shape index (κ2) is 10.0. The number of rotatable bonds is 7. The van der Waals surface area contributed by atoms with Gasteiger partial charge >= 0.3 is 0 Å². The van der Waals surface area contributed by atoms with Gasteiger partial charge in [-0.3, -0.25) is 4.79 Å². The summed E-state index contributed by atoms with van der Waals surface area (Å²) in [6, 6.07) is 16.3. The topological polar surface area (TPSA) is 57.2 Å². The molecule has 0 saturated carbocycles. The number of amides is 1. The molecule has 6 nitrogen and oxygen atoms in total. The van der Waals surface area contributed by atoms with E-state index in [1.54, 1.807) is 75.6 Å². The van der Waals surface area contributed by atoms with Crippen LogP contribution < -0.4 is 18.9 Å². The van der Waals surface area contributed by atoms with Crippen LogP contribution in [0.1, 0.15) is 21.3 Å². The lowest BCUT2D eigenvalue weighted by atomic mass is 10.1. The van der Waals surface area contributed by atoms with Crippen molar-refractivity contribution in [2.75, 3.05) is 33.6 Å². The number of ether oxygens (including phenoxy) is 4. The number of methoxy groups -OCH3 is 3. The van der Waals surface area contributed by atoms with Gasteiger partial charge in [0.1, 0.15) is 28.4 Å². The normalized spacial score (nSPS) is 15.3. The van der Waals surface area contributed by atoms with E-state index in [4.69, 9.17) is 18.9 Å².